The van der Waals surface area contributed by atoms with Crippen LogP contribution in [0.3, 0.4) is 0 Å². The maximum Gasteiger partial charge on any atom is 0.314 e. The van der Waals surface area contributed by atoms with Crippen LogP contribution in [0.25, 0.3) is 22.5 Å². The van der Waals surface area contributed by atoms with E-state index in [1.165, 1.54) is 5.56 Å². The minimum atomic E-state index is -0.214. The van der Waals surface area contributed by atoms with Gasteiger partial charge in [-0.05, 0) is 39.6 Å². The molecule has 2 aromatic carbocycles. The highest BCUT2D eigenvalue weighted by molar-refractivity contribution is 5.80. The molecule has 2 aromatic heterocycles. The third-order valence-electron chi connectivity index (χ3n) is 5.49. The van der Waals surface area contributed by atoms with E-state index in [4.69, 9.17) is 0 Å². The van der Waals surface area contributed by atoms with Crippen LogP contribution in [0.15, 0.2) is 66.9 Å². The number of nitrogens with one attached hydrogen (secondary N) is 3. The summed E-state index contributed by atoms with van der Waals surface area (Å²) in [7, 11) is 1.60. The zero-order valence-electron chi connectivity index (χ0n) is 19.3. The second-order valence-corrected chi connectivity index (χ2v) is 7.83. The number of hydrogen-bond donors (Lipinski definition) is 3. The fourth-order valence-electron chi connectivity index (χ4n) is 3.87. The predicted octanol–water partition coefficient (Wildman–Crippen LogP) is 3.77. The van der Waals surface area contributed by atoms with E-state index in [1.807, 2.05) is 30.3 Å². The quantitative estimate of drug-likeness (QED) is 0.353. The number of H-pyrrole nitrogens is 1. The molecule has 2 heterocycles. The standard InChI is InChI=1S/C25H28N8O/c1-3-15-33(24-20(7-6-14-27-24)16-28-25(34)26-2)17-18-10-12-19(13-11-18)21-8-4-5-9-22(21)23-29-31-32-30-23/h4-14H,3,15-17H2,1-2H3,(H2,26,28,34)(H,29,30,31,32). The number of amides is 2. The number of rotatable bonds is 9. The minimum Gasteiger partial charge on any atom is -0.352 e. The molecule has 9 nitrogen and oxygen atoms in total. The Morgan fingerprint density at radius 2 is 1.82 bits per heavy atom. The second kappa shape index (κ2) is 11.0. The van der Waals surface area contributed by atoms with Crippen molar-refractivity contribution in [3.05, 3.63) is 78.0 Å². The number of urea groups is 1. The van der Waals surface area contributed by atoms with Gasteiger partial charge in [0.05, 0.1) is 0 Å². The summed E-state index contributed by atoms with van der Waals surface area (Å²) < 4.78 is 0. The summed E-state index contributed by atoms with van der Waals surface area (Å²) in [6, 6.07) is 20.2. The van der Waals surface area contributed by atoms with E-state index in [-0.39, 0.29) is 6.03 Å². The highest BCUT2D eigenvalue weighted by Crippen LogP contribution is 2.30. The van der Waals surface area contributed by atoms with Gasteiger partial charge in [0.15, 0.2) is 5.82 Å². The molecule has 0 atom stereocenters. The van der Waals surface area contributed by atoms with Gasteiger partial charge >= 0.3 is 6.03 Å². The number of tetrazole rings is 1. The lowest BCUT2D eigenvalue weighted by Gasteiger charge is -2.26. The summed E-state index contributed by atoms with van der Waals surface area (Å²) in [5.41, 5.74) is 5.25. The van der Waals surface area contributed by atoms with E-state index in [0.717, 1.165) is 41.0 Å². The molecule has 0 spiro atoms. The highest BCUT2D eigenvalue weighted by Gasteiger charge is 2.14. The molecule has 34 heavy (non-hydrogen) atoms. The normalized spacial score (nSPS) is 10.6. The fraction of sp³-hybridized carbons (Fsp3) is 0.240. The number of aromatic amines is 1. The molecule has 0 unspecified atom stereocenters. The van der Waals surface area contributed by atoms with Crippen molar-refractivity contribution in [3.63, 3.8) is 0 Å². The molecule has 0 saturated heterocycles. The number of nitrogens with zero attached hydrogens (tertiary/aromatic N) is 5. The number of anilines is 1. The van der Waals surface area contributed by atoms with Crippen LogP contribution in [0.2, 0.25) is 0 Å². The number of aromatic nitrogens is 5. The monoisotopic (exact) mass is 456 g/mol. The van der Waals surface area contributed by atoms with Crippen molar-refractivity contribution in [2.75, 3.05) is 18.5 Å². The molecule has 0 fully saturated rings. The first kappa shape index (κ1) is 22.9. The van der Waals surface area contributed by atoms with Crippen molar-refractivity contribution >= 4 is 11.8 Å². The first-order valence-corrected chi connectivity index (χ1v) is 11.3. The van der Waals surface area contributed by atoms with Gasteiger partial charge in [0.1, 0.15) is 5.82 Å². The third kappa shape index (κ3) is 5.37. The van der Waals surface area contributed by atoms with E-state index in [2.05, 4.69) is 78.4 Å². The summed E-state index contributed by atoms with van der Waals surface area (Å²) in [5.74, 6) is 1.52. The molecule has 4 rings (SSSR count). The third-order valence-corrected chi connectivity index (χ3v) is 5.49. The number of carbonyl (C=O) groups is 1. The van der Waals surface area contributed by atoms with E-state index in [9.17, 15) is 4.79 Å². The van der Waals surface area contributed by atoms with Crippen molar-refractivity contribution in [3.8, 4) is 22.5 Å². The largest absolute Gasteiger partial charge is 0.352 e. The lowest BCUT2D eigenvalue weighted by atomic mass is 9.98. The Morgan fingerprint density at radius 3 is 2.53 bits per heavy atom. The highest BCUT2D eigenvalue weighted by atomic mass is 16.2. The predicted molar refractivity (Wildman–Crippen MR) is 132 cm³/mol. The van der Waals surface area contributed by atoms with Crippen molar-refractivity contribution in [2.45, 2.75) is 26.4 Å². The van der Waals surface area contributed by atoms with Crippen LogP contribution >= 0.6 is 0 Å². The number of pyridine rings is 1. The van der Waals surface area contributed by atoms with Crippen LogP contribution in [0.4, 0.5) is 10.6 Å². The first-order valence-electron chi connectivity index (χ1n) is 11.3. The van der Waals surface area contributed by atoms with Gasteiger partial charge in [-0.1, -0.05) is 61.5 Å². The average molecular weight is 457 g/mol. The van der Waals surface area contributed by atoms with Gasteiger partial charge in [-0.15, -0.1) is 5.10 Å². The molecule has 9 heteroatoms. The molecule has 2 amide bonds. The van der Waals surface area contributed by atoms with Gasteiger partial charge in [-0.2, -0.15) is 0 Å². The zero-order valence-corrected chi connectivity index (χ0v) is 19.3. The van der Waals surface area contributed by atoms with Crippen LogP contribution in [0.5, 0.6) is 0 Å². The maximum absolute atomic E-state index is 11.7. The Balaban J connectivity index is 1.55. The van der Waals surface area contributed by atoms with Crippen molar-refractivity contribution in [1.82, 2.24) is 36.2 Å². The minimum absolute atomic E-state index is 0.214. The van der Waals surface area contributed by atoms with Gasteiger partial charge in [0.25, 0.3) is 0 Å². The molecule has 0 radical (unpaired) electrons. The molecule has 0 saturated carbocycles. The molecule has 174 valence electrons. The molecule has 0 aliphatic rings. The molecule has 0 aliphatic heterocycles. The first-order chi connectivity index (χ1) is 16.7. The van der Waals surface area contributed by atoms with Crippen LogP contribution < -0.4 is 15.5 Å². The van der Waals surface area contributed by atoms with E-state index < -0.39 is 0 Å². The Hall–Kier alpha value is -4.27. The zero-order chi connectivity index (χ0) is 23.8. The van der Waals surface area contributed by atoms with E-state index in [0.29, 0.717) is 18.9 Å². The summed E-state index contributed by atoms with van der Waals surface area (Å²) in [4.78, 5) is 18.6. The van der Waals surface area contributed by atoms with E-state index in [1.54, 1.807) is 13.2 Å². The topological polar surface area (TPSA) is 112 Å². The lowest BCUT2D eigenvalue weighted by Crippen LogP contribution is -2.33. The summed E-state index contributed by atoms with van der Waals surface area (Å²) in [6.45, 7) is 4.13. The SMILES string of the molecule is CCCN(Cc1ccc(-c2ccccc2-c2nnn[nH]2)cc1)c1ncccc1CNC(=O)NC. The van der Waals surface area contributed by atoms with Gasteiger partial charge in [0.2, 0.25) is 0 Å². The van der Waals surface area contributed by atoms with Gasteiger partial charge < -0.3 is 15.5 Å². The molecule has 0 aliphatic carbocycles. The Morgan fingerprint density at radius 1 is 1.03 bits per heavy atom. The Bertz CT molecular complexity index is 1210. The molecular weight excluding hydrogens is 428 g/mol. The Kier molecular flexibility index (Phi) is 7.44. The molecule has 0 bridgehead atoms. The van der Waals surface area contributed by atoms with Gasteiger partial charge in [-0.25, -0.2) is 14.9 Å². The van der Waals surface area contributed by atoms with Crippen molar-refractivity contribution < 1.29 is 4.79 Å². The lowest BCUT2D eigenvalue weighted by molar-refractivity contribution is 0.242. The van der Waals surface area contributed by atoms with Crippen LogP contribution in [-0.4, -0.2) is 45.2 Å². The maximum atomic E-state index is 11.7. The average Bonchev–Trinajstić information content (AvgIpc) is 3.43. The van der Waals surface area contributed by atoms with Crippen LogP contribution in [0, 0.1) is 0 Å². The summed E-state index contributed by atoms with van der Waals surface area (Å²) in [5, 5.41) is 19.8. The second-order valence-electron chi connectivity index (χ2n) is 7.83. The van der Waals surface area contributed by atoms with Crippen LogP contribution in [-0.2, 0) is 13.1 Å². The van der Waals surface area contributed by atoms with Gasteiger partial charge in [-0.3, -0.25) is 0 Å². The molecular formula is C25H28N8O. The van der Waals surface area contributed by atoms with Crippen LogP contribution in [0.1, 0.15) is 24.5 Å². The number of carbonyl (C=O) groups excluding carboxylic acids is 1. The fourth-order valence-corrected chi connectivity index (χ4v) is 3.87. The number of benzene rings is 2. The van der Waals surface area contributed by atoms with E-state index >= 15 is 0 Å². The summed E-state index contributed by atoms with van der Waals surface area (Å²) in [6.07, 6.45) is 2.77. The molecule has 4 aromatic rings. The Labute approximate surface area is 198 Å². The van der Waals surface area contributed by atoms with Gasteiger partial charge in [0, 0.05) is 44.0 Å². The smallest absolute Gasteiger partial charge is 0.314 e. The summed E-state index contributed by atoms with van der Waals surface area (Å²) >= 11 is 0. The van der Waals surface area contributed by atoms with Crippen molar-refractivity contribution in [2.24, 2.45) is 0 Å². The number of hydrogen-bond acceptors (Lipinski definition) is 6. The molecule has 3 N–H and O–H groups in total. The van der Waals surface area contributed by atoms with Crippen molar-refractivity contribution in [1.29, 1.82) is 0 Å².